The molecule has 16 heavy (non-hydrogen) atoms. The first kappa shape index (κ1) is 12.0. The standard InChI is InChI=1S/C11H13NO4/c1-2-3-10(13)12-16-9-6-4-8(5-7-9)11(14)15/h4-7H,2-3H2,1H3,(H,12,13)(H,14,15). The van der Waals surface area contributed by atoms with E-state index in [-0.39, 0.29) is 11.5 Å². The summed E-state index contributed by atoms with van der Waals surface area (Å²) in [4.78, 5) is 26.6. The fourth-order valence-corrected chi connectivity index (χ4v) is 1.06. The van der Waals surface area contributed by atoms with Gasteiger partial charge >= 0.3 is 5.97 Å². The molecule has 5 heteroatoms. The third-order valence-electron chi connectivity index (χ3n) is 1.86. The van der Waals surface area contributed by atoms with Gasteiger partial charge in [-0.3, -0.25) is 4.79 Å². The van der Waals surface area contributed by atoms with Crippen LogP contribution in [0.25, 0.3) is 0 Å². The molecule has 0 saturated carbocycles. The van der Waals surface area contributed by atoms with E-state index in [1.165, 1.54) is 24.3 Å². The molecular weight excluding hydrogens is 210 g/mol. The van der Waals surface area contributed by atoms with Gasteiger partial charge in [0.15, 0.2) is 5.75 Å². The second-order valence-corrected chi connectivity index (χ2v) is 3.21. The molecule has 1 rings (SSSR count). The van der Waals surface area contributed by atoms with Crippen LogP contribution in [0.15, 0.2) is 24.3 Å². The maximum Gasteiger partial charge on any atom is 0.335 e. The van der Waals surface area contributed by atoms with Crippen molar-refractivity contribution in [2.24, 2.45) is 0 Å². The topological polar surface area (TPSA) is 75.6 Å². The van der Waals surface area contributed by atoms with Crippen molar-refractivity contribution >= 4 is 11.9 Å². The largest absolute Gasteiger partial charge is 0.478 e. The summed E-state index contributed by atoms with van der Waals surface area (Å²) in [5.74, 6) is -0.805. The average Bonchev–Trinajstić information content (AvgIpc) is 2.27. The lowest BCUT2D eigenvalue weighted by atomic mass is 10.2. The molecule has 0 radical (unpaired) electrons. The molecule has 0 aliphatic rings. The van der Waals surface area contributed by atoms with Crippen LogP contribution in [-0.2, 0) is 4.79 Å². The number of carbonyl (C=O) groups excluding carboxylic acids is 1. The second kappa shape index (κ2) is 5.75. The molecule has 0 fully saturated rings. The molecule has 5 nitrogen and oxygen atoms in total. The van der Waals surface area contributed by atoms with Crippen molar-refractivity contribution in [1.82, 2.24) is 5.48 Å². The number of hydrogen-bond donors (Lipinski definition) is 2. The van der Waals surface area contributed by atoms with Crippen molar-refractivity contribution in [3.63, 3.8) is 0 Å². The number of carbonyl (C=O) groups is 2. The minimum absolute atomic E-state index is 0.173. The number of carboxylic acid groups (broad SMARTS) is 1. The first-order valence-electron chi connectivity index (χ1n) is 4.92. The zero-order valence-electron chi connectivity index (χ0n) is 8.90. The van der Waals surface area contributed by atoms with E-state index in [9.17, 15) is 9.59 Å². The van der Waals surface area contributed by atoms with Crippen molar-refractivity contribution in [3.05, 3.63) is 29.8 Å². The first-order valence-corrected chi connectivity index (χ1v) is 4.92. The summed E-state index contributed by atoms with van der Waals surface area (Å²) in [5, 5.41) is 8.65. The Labute approximate surface area is 93.0 Å². The zero-order chi connectivity index (χ0) is 12.0. The van der Waals surface area contributed by atoms with Crippen LogP contribution in [0, 0.1) is 0 Å². The highest BCUT2D eigenvalue weighted by molar-refractivity contribution is 5.87. The van der Waals surface area contributed by atoms with Crippen LogP contribution in [0.1, 0.15) is 30.1 Å². The van der Waals surface area contributed by atoms with E-state index in [0.29, 0.717) is 12.2 Å². The maximum atomic E-state index is 11.1. The lowest BCUT2D eigenvalue weighted by Crippen LogP contribution is -2.26. The highest BCUT2D eigenvalue weighted by atomic mass is 16.7. The summed E-state index contributed by atoms with van der Waals surface area (Å²) in [6.45, 7) is 1.89. The number of hydroxylamine groups is 1. The van der Waals surface area contributed by atoms with Gasteiger partial charge in [-0.05, 0) is 30.7 Å². The van der Waals surface area contributed by atoms with Crippen LogP contribution in [0.3, 0.4) is 0 Å². The third-order valence-corrected chi connectivity index (χ3v) is 1.86. The molecule has 1 amide bonds. The molecule has 0 aliphatic carbocycles. The fraction of sp³-hybridized carbons (Fsp3) is 0.273. The molecule has 1 aromatic carbocycles. The lowest BCUT2D eigenvalue weighted by Gasteiger charge is -2.06. The number of rotatable bonds is 5. The van der Waals surface area contributed by atoms with E-state index >= 15 is 0 Å². The Morgan fingerprint density at radius 3 is 2.44 bits per heavy atom. The zero-order valence-corrected chi connectivity index (χ0v) is 8.90. The fourth-order valence-electron chi connectivity index (χ4n) is 1.06. The van der Waals surface area contributed by atoms with Gasteiger partial charge in [-0.25, -0.2) is 4.79 Å². The molecule has 0 atom stereocenters. The van der Waals surface area contributed by atoms with Gasteiger partial charge in [0.2, 0.25) is 0 Å². The predicted octanol–water partition coefficient (Wildman–Crippen LogP) is 1.59. The van der Waals surface area contributed by atoms with Gasteiger partial charge in [-0.1, -0.05) is 6.92 Å². The van der Waals surface area contributed by atoms with Crippen LogP contribution >= 0.6 is 0 Å². The number of carboxylic acids is 1. The molecular formula is C11H13NO4. The third kappa shape index (κ3) is 3.61. The summed E-state index contributed by atoms with van der Waals surface area (Å²) in [6, 6.07) is 5.78. The first-order chi connectivity index (χ1) is 7.63. The average molecular weight is 223 g/mol. The molecule has 0 unspecified atom stereocenters. The van der Waals surface area contributed by atoms with E-state index in [1.54, 1.807) is 0 Å². The van der Waals surface area contributed by atoms with E-state index in [2.05, 4.69) is 5.48 Å². The van der Waals surface area contributed by atoms with Crippen molar-refractivity contribution < 1.29 is 19.5 Å². The molecule has 2 N–H and O–H groups in total. The Morgan fingerprint density at radius 2 is 1.94 bits per heavy atom. The van der Waals surface area contributed by atoms with Gasteiger partial charge in [-0.15, -0.1) is 0 Å². The number of benzene rings is 1. The quantitative estimate of drug-likeness (QED) is 0.743. The van der Waals surface area contributed by atoms with Gasteiger partial charge in [0.05, 0.1) is 5.56 Å². The summed E-state index contributed by atoms with van der Waals surface area (Å²) >= 11 is 0. The van der Waals surface area contributed by atoms with Crippen LogP contribution < -0.4 is 10.3 Å². The molecule has 0 aromatic heterocycles. The van der Waals surface area contributed by atoms with E-state index in [0.717, 1.165) is 6.42 Å². The summed E-state index contributed by atoms with van der Waals surface area (Å²) in [6.07, 6.45) is 1.14. The van der Waals surface area contributed by atoms with Crippen molar-refractivity contribution in [2.75, 3.05) is 0 Å². The maximum absolute atomic E-state index is 11.1. The number of nitrogens with one attached hydrogen (secondary N) is 1. The molecule has 0 spiro atoms. The number of aromatic carboxylic acids is 1. The SMILES string of the molecule is CCCC(=O)NOc1ccc(C(=O)O)cc1. The van der Waals surface area contributed by atoms with Gasteiger partial charge in [0.25, 0.3) is 5.91 Å². The van der Waals surface area contributed by atoms with Gasteiger partial charge in [0.1, 0.15) is 0 Å². The number of amides is 1. The normalized spacial score (nSPS) is 9.56. The molecule has 86 valence electrons. The highest BCUT2D eigenvalue weighted by Crippen LogP contribution is 2.11. The Balaban J connectivity index is 2.49. The van der Waals surface area contributed by atoms with Crippen molar-refractivity contribution in [3.8, 4) is 5.75 Å². The van der Waals surface area contributed by atoms with Gasteiger partial charge < -0.3 is 9.94 Å². The van der Waals surface area contributed by atoms with Crippen LogP contribution in [-0.4, -0.2) is 17.0 Å². The smallest absolute Gasteiger partial charge is 0.335 e. The molecule has 0 saturated heterocycles. The van der Waals surface area contributed by atoms with Crippen LogP contribution in [0.4, 0.5) is 0 Å². The Morgan fingerprint density at radius 1 is 1.31 bits per heavy atom. The minimum atomic E-state index is -0.999. The summed E-state index contributed by atoms with van der Waals surface area (Å²) in [7, 11) is 0. The van der Waals surface area contributed by atoms with E-state index in [4.69, 9.17) is 9.94 Å². The molecule has 0 bridgehead atoms. The minimum Gasteiger partial charge on any atom is -0.478 e. The number of hydrogen-bond acceptors (Lipinski definition) is 3. The van der Waals surface area contributed by atoms with Gasteiger partial charge in [-0.2, -0.15) is 5.48 Å². The lowest BCUT2D eigenvalue weighted by molar-refractivity contribution is -0.127. The predicted molar refractivity (Wildman–Crippen MR) is 57.1 cm³/mol. The van der Waals surface area contributed by atoms with Crippen molar-refractivity contribution in [2.45, 2.75) is 19.8 Å². The Kier molecular flexibility index (Phi) is 4.32. The molecule has 0 aliphatic heterocycles. The van der Waals surface area contributed by atoms with Crippen molar-refractivity contribution in [1.29, 1.82) is 0 Å². The second-order valence-electron chi connectivity index (χ2n) is 3.21. The van der Waals surface area contributed by atoms with Crippen LogP contribution in [0.2, 0.25) is 0 Å². The Bertz CT molecular complexity index is 372. The molecule has 1 aromatic rings. The monoisotopic (exact) mass is 223 g/mol. The highest BCUT2D eigenvalue weighted by Gasteiger charge is 2.03. The van der Waals surface area contributed by atoms with E-state index < -0.39 is 5.97 Å². The molecule has 0 heterocycles. The summed E-state index contributed by atoms with van der Waals surface area (Å²) < 4.78 is 0. The van der Waals surface area contributed by atoms with Crippen LogP contribution in [0.5, 0.6) is 5.75 Å². The Hall–Kier alpha value is -2.04. The van der Waals surface area contributed by atoms with Gasteiger partial charge in [0, 0.05) is 6.42 Å². The van der Waals surface area contributed by atoms with E-state index in [1.807, 2.05) is 6.92 Å². The summed E-state index contributed by atoms with van der Waals surface area (Å²) in [5.41, 5.74) is 2.44.